The van der Waals surface area contributed by atoms with Gasteiger partial charge in [-0.25, -0.2) is 8.42 Å². The Balaban J connectivity index is 3.02. The van der Waals surface area contributed by atoms with Crippen LogP contribution in [0.3, 0.4) is 0 Å². The van der Waals surface area contributed by atoms with Crippen LogP contribution >= 0.6 is 23.4 Å². The number of thioether (sulfide) groups is 1. The van der Waals surface area contributed by atoms with E-state index in [1.807, 2.05) is 6.07 Å². The summed E-state index contributed by atoms with van der Waals surface area (Å²) < 4.78 is 26.4. The first-order valence-electron chi connectivity index (χ1n) is 5.75. The molecule has 1 rings (SSSR count). The molecule has 0 bridgehead atoms. The summed E-state index contributed by atoms with van der Waals surface area (Å²) in [5, 5.41) is 17.8. The predicted molar refractivity (Wildman–Crippen MR) is 80.9 cm³/mol. The second kappa shape index (κ2) is 7.66. The van der Waals surface area contributed by atoms with Crippen molar-refractivity contribution >= 4 is 39.4 Å². The average molecular weight is 349 g/mol. The smallest absolute Gasteiger partial charge is 0.321 e. The van der Waals surface area contributed by atoms with Crippen molar-refractivity contribution in [3.63, 3.8) is 0 Å². The number of aliphatic carboxylic acids is 1. The SMILES string of the molecule is CSCC[C@H](NS(=O)(=O)c1ccc(C#N)c(Cl)c1)C(=O)O. The molecular weight excluding hydrogens is 336 g/mol. The summed E-state index contributed by atoms with van der Waals surface area (Å²) in [7, 11) is -4.02. The maximum absolute atomic E-state index is 12.1. The molecule has 0 saturated carbocycles. The van der Waals surface area contributed by atoms with Gasteiger partial charge in [0.1, 0.15) is 12.1 Å². The van der Waals surface area contributed by atoms with Crippen molar-refractivity contribution in [2.45, 2.75) is 17.4 Å². The number of carboxylic acid groups (broad SMARTS) is 1. The van der Waals surface area contributed by atoms with Gasteiger partial charge in [0, 0.05) is 0 Å². The first-order chi connectivity index (χ1) is 9.81. The molecule has 9 heteroatoms. The molecule has 0 unspecified atom stereocenters. The Kier molecular flexibility index (Phi) is 6.48. The van der Waals surface area contributed by atoms with Gasteiger partial charge in [0.2, 0.25) is 10.0 Å². The van der Waals surface area contributed by atoms with Gasteiger partial charge in [-0.1, -0.05) is 11.6 Å². The van der Waals surface area contributed by atoms with E-state index in [2.05, 4.69) is 4.72 Å². The van der Waals surface area contributed by atoms with E-state index in [0.29, 0.717) is 5.75 Å². The topological polar surface area (TPSA) is 107 Å². The third-order valence-electron chi connectivity index (χ3n) is 2.58. The van der Waals surface area contributed by atoms with Crippen LogP contribution in [0.2, 0.25) is 5.02 Å². The standard InChI is InChI=1S/C12H13ClN2O4S2/c1-20-5-4-11(12(16)17)15-21(18,19)9-3-2-8(7-14)10(13)6-9/h2-3,6,11,15H,4-5H2,1H3,(H,16,17)/t11-/m0/s1. The van der Waals surface area contributed by atoms with Crippen molar-refractivity contribution in [1.29, 1.82) is 5.26 Å². The molecule has 0 heterocycles. The number of carbonyl (C=O) groups is 1. The fraction of sp³-hybridized carbons (Fsp3) is 0.333. The van der Waals surface area contributed by atoms with Gasteiger partial charge in [0.25, 0.3) is 0 Å². The molecule has 0 aliphatic heterocycles. The number of sulfonamides is 1. The Labute approximate surface area is 132 Å². The molecule has 0 spiro atoms. The van der Waals surface area contributed by atoms with Crippen molar-refractivity contribution in [3.05, 3.63) is 28.8 Å². The molecule has 6 nitrogen and oxygen atoms in total. The number of nitrogens with zero attached hydrogens (tertiary/aromatic N) is 1. The second-order valence-corrected chi connectivity index (χ2v) is 7.15. The lowest BCUT2D eigenvalue weighted by Crippen LogP contribution is -2.41. The lowest BCUT2D eigenvalue weighted by atomic mass is 10.2. The number of hydrogen-bond acceptors (Lipinski definition) is 5. The molecule has 0 amide bonds. The average Bonchev–Trinajstić information content (AvgIpc) is 2.43. The third kappa shape index (κ3) is 4.89. The molecule has 1 atom stereocenters. The predicted octanol–water partition coefficient (Wildman–Crippen LogP) is 1.70. The highest BCUT2D eigenvalue weighted by atomic mass is 35.5. The quantitative estimate of drug-likeness (QED) is 0.776. The molecule has 2 N–H and O–H groups in total. The van der Waals surface area contributed by atoms with Gasteiger partial charge in [0.05, 0.1) is 15.5 Å². The Bertz CT molecular complexity index is 670. The van der Waals surface area contributed by atoms with E-state index in [-0.39, 0.29) is 21.9 Å². The zero-order chi connectivity index (χ0) is 16.0. The van der Waals surface area contributed by atoms with Crippen molar-refractivity contribution in [1.82, 2.24) is 4.72 Å². The molecular formula is C12H13ClN2O4S2. The number of nitrogens with one attached hydrogen (secondary N) is 1. The van der Waals surface area contributed by atoms with Crippen LogP contribution in [0.15, 0.2) is 23.1 Å². The highest BCUT2D eigenvalue weighted by molar-refractivity contribution is 7.98. The number of halogens is 1. The molecule has 0 aromatic heterocycles. The van der Waals surface area contributed by atoms with Crippen LogP contribution in [0.5, 0.6) is 0 Å². The second-order valence-electron chi connectivity index (χ2n) is 4.05. The Morgan fingerprint density at radius 3 is 2.71 bits per heavy atom. The lowest BCUT2D eigenvalue weighted by molar-refractivity contribution is -0.139. The van der Waals surface area contributed by atoms with Crippen LogP contribution in [0, 0.1) is 11.3 Å². The molecule has 1 aromatic rings. The van der Waals surface area contributed by atoms with Gasteiger partial charge in [-0.05, 0) is 36.6 Å². The number of nitriles is 1. The van der Waals surface area contributed by atoms with Crippen molar-refractivity contribution in [2.75, 3.05) is 12.0 Å². The first-order valence-corrected chi connectivity index (χ1v) is 9.01. The van der Waals surface area contributed by atoms with Crippen LogP contribution in [-0.4, -0.2) is 37.5 Å². The number of rotatable bonds is 7. The number of carboxylic acids is 1. The molecule has 0 radical (unpaired) electrons. The molecule has 0 aliphatic rings. The van der Waals surface area contributed by atoms with Gasteiger partial charge in [-0.15, -0.1) is 0 Å². The van der Waals surface area contributed by atoms with E-state index in [1.54, 1.807) is 6.26 Å². The zero-order valence-electron chi connectivity index (χ0n) is 11.0. The first kappa shape index (κ1) is 17.8. The van der Waals surface area contributed by atoms with E-state index in [1.165, 1.54) is 23.9 Å². The normalized spacial score (nSPS) is 12.6. The Morgan fingerprint density at radius 1 is 1.57 bits per heavy atom. The zero-order valence-corrected chi connectivity index (χ0v) is 13.4. The maximum atomic E-state index is 12.1. The molecule has 21 heavy (non-hydrogen) atoms. The lowest BCUT2D eigenvalue weighted by Gasteiger charge is -2.14. The van der Waals surface area contributed by atoms with Gasteiger partial charge >= 0.3 is 5.97 Å². The third-order valence-corrected chi connectivity index (χ3v) is 5.00. The minimum absolute atomic E-state index is 0.00337. The van der Waals surface area contributed by atoms with Crippen LogP contribution in [0.1, 0.15) is 12.0 Å². The summed E-state index contributed by atoms with van der Waals surface area (Å²) in [5.41, 5.74) is 0.146. The molecule has 0 saturated heterocycles. The van der Waals surface area contributed by atoms with Crippen molar-refractivity contribution < 1.29 is 18.3 Å². The monoisotopic (exact) mass is 348 g/mol. The van der Waals surface area contributed by atoms with Crippen LogP contribution < -0.4 is 4.72 Å². The molecule has 0 fully saturated rings. The molecule has 114 valence electrons. The van der Waals surface area contributed by atoms with Crippen molar-refractivity contribution in [3.8, 4) is 6.07 Å². The Hall–Kier alpha value is -1.27. The van der Waals surface area contributed by atoms with Crippen LogP contribution in [0.4, 0.5) is 0 Å². The van der Waals surface area contributed by atoms with Gasteiger partial charge in [0.15, 0.2) is 0 Å². The minimum Gasteiger partial charge on any atom is -0.480 e. The van der Waals surface area contributed by atoms with E-state index in [4.69, 9.17) is 22.0 Å². The summed E-state index contributed by atoms with van der Waals surface area (Å²) in [4.78, 5) is 10.9. The van der Waals surface area contributed by atoms with E-state index in [0.717, 1.165) is 6.07 Å². The van der Waals surface area contributed by atoms with Crippen LogP contribution in [-0.2, 0) is 14.8 Å². The minimum atomic E-state index is -4.02. The van der Waals surface area contributed by atoms with Gasteiger partial charge in [-0.2, -0.15) is 21.7 Å². The number of benzene rings is 1. The van der Waals surface area contributed by atoms with Crippen molar-refractivity contribution in [2.24, 2.45) is 0 Å². The number of hydrogen-bond donors (Lipinski definition) is 2. The largest absolute Gasteiger partial charge is 0.480 e. The Morgan fingerprint density at radius 2 is 2.24 bits per heavy atom. The summed E-state index contributed by atoms with van der Waals surface area (Å²) in [6.07, 6.45) is 1.97. The summed E-state index contributed by atoms with van der Waals surface area (Å²) in [5.74, 6) is -0.736. The highest BCUT2D eigenvalue weighted by Crippen LogP contribution is 2.20. The molecule has 0 aliphatic carbocycles. The molecule has 1 aromatic carbocycles. The maximum Gasteiger partial charge on any atom is 0.321 e. The van der Waals surface area contributed by atoms with Gasteiger partial charge in [-0.3, -0.25) is 4.79 Å². The highest BCUT2D eigenvalue weighted by Gasteiger charge is 2.25. The fourth-order valence-electron chi connectivity index (χ4n) is 1.48. The van der Waals surface area contributed by atoms with Gasteiger partial charge < -0.3 is 5.11 Å². The fourth-order valence-corrected chi connectivity index (χ4v) is 3.49. The summed E-state index contributed by atoms with van der Waals surface area (Å²) in [6.45, 7) is 0. The van der Waals surface area contributed by atoms with Crippen LogP contribution in [0.25, 0.3) is 0 Å². The summed E-state index contributed by atoms with van der Waals surface area (Å²) >= 11 is 7.21. The van der Waals surface area contributed by atoms with E-state index in [9.17, 15) is 13.2 Å². The van der Waals surface area contributed by atoms with E-state index < -0.39 is 22.0 Å². The van der Waals surface area contributed by atoms with E-state index >= 15 is 0 Å². The summed E-state index contributed by atoms with van der Waals surface area (Å²) in [6, 6.07) is 4.21.